The van der Waals surface area contributed by atoms with Gasteiger partial charge in [-0.25, -0.2) is 0 Å². The molecule has 0 spiro atoms. The van der Waals surface area contributed by atoms with Crippen molar-refractivity contribution in [1.82, 2.24) is 0 Å². The zero-order chi connectivity index (χ0) is 16.2. The van der Waals surface area contributed by atoms with Crippen LogP contribution in [-0.4, -0.2) is 0 Å². The van der Waals surface area contributed by atoms with Gasteiger partial charge in [0.25, 0.3) is 0 Å². The summed E-state index contributed by atoms with van der Waals surface area (Å²) in [5.41, 5.74) is 6.03. The summed E-state index contributed by atoms with van der Waals surface area (Å²) in [4.78, 5) is 0. The van der Waals surface area contributed by atoms with Gasteiger partial charge < -0.3 is 0 Å². The molecule has 1 aromatic heterocycles. The first kappa shape index (κ1) is 17.3. The maximum absolute atomic E-state index is 2.26. The van der Waals surface area contributed by atoms with Crippen LogP contribution in [0.15, 0.2) is 109 Å². The molecule has 2 heteroatoms. The van der Waals surface area contributed by atoms with Crippen molar-refractivity contribution in [3.63, 3.8) is 0 Å². The van der Waals surface area contributed by atoms with Crippen molar-refractivity contribution in [2.45, 2.75) is 0 Å². The average Bonchev–Trinajstić information content (AvgIpc) is 2.69. The van der Waals surface area contributed by atoms with Crippen LogP contribution >= 0.6 is 0 Å². The van der Waals surface area contributed by atoms with Crippen LogP contribution in [0.4, 0.5) is 0 Å². The van der Waals surface area contributed by atoms with Gasteiger partial charge in [-0.3, -0.25) is 0 Å². The minimum Gasteiger partial charge on any atom is -0.159 e. The Morgan fingerprint density at radius 2 is 1.00 bits per heavy atom. The number of nitrogens with zero attached hydrogens (tertiary/aromatic N) is 1. The van der Waals surface area contributed by atoms with E-state index >= 15 is 0 Å². The summed E-state index contributed by atoms with van der Waals surface area (Å²) in [5, 5.41) is 0. The van der Waals surface area contributed by atoms with Crippen LogP contribution in [0, 0.1) is 0 Å². The molecule has 1 nitrogen and oxygen atoms in total. The van der Waals surface area contributed by atoms with Crippen molar-refractivity contribution in [3.05, 3.63) is 109 Å². The number of aromatic nitrogens is 1. The summed E-state index contributed by atoms with van der Waals surface area (Å²) in [5.74, 6) is 0. The molecule has 4 aromatic rings. The molecule has 1 heterocycles. The second-order valence-electron chi connectivity index (χ2n) is 5.71. The second kappa shape index (κ2) is 8.02. The molecule has 0 N–H and O–H groups in total. The van der Waals surface area contributed by atoms with E-state index in [2.05, 4.69) is 108 Å². The normalized spacial score (nSPS) is 10.1. The first-order valence-electron chi connectivity index (χ1n) is 8.14. The van der Waals surface area contributed by atoms with Gasteiger partial charge in [0.2, 0.25) is 11.4 Å². The molecule has 0 atom stereocenters. The van der Waals surface area contributed by atoms with Gasteiger partial charge in [-0.1, -0.05) is 66.7 Å². The first-order valence-corrected chi connectivity index (χ1v) is 8.14. The minimum atomic E-state index is 0. The van der Waals surface area contributed by atoms with Gasteiger partial charge in [0, 0.05) is 43.9 Å². The van der Waals surface area contributed by atoms with Gasteiger partial charge in [-0.2, -0.15) is 4.57 Å². The molecule has 0 amide bonds. The van der Waals surface area contributed by atoms with E-state index < -0.39 is 0 Å². The Labute approximate surface area is 162 Å². The summed E-state index contributed by atoms with van der Waals surface area (Å²) in [7, 11) is 0. The fraction of sp³-hybridized carbons (Fsp3) is 0. The maximum Gasteiger partial charge on any atom is 0.226 e. The molecule has 3 aromatic carbocycles. The molecule has 0 bridgehead atoms. The first-order chi connectivity index (χ1) is 11.9. The van der Waals surface area contributed by atoms with Crippen molar-refractivity contribution in [1.29, 1.82) is 0 Å². The Morgan fingerprint density at radius 1 is 0.480 bits per heavy atom. The third-order valence-electron chi connectivity index (χ3n) is 4.16. The van der Waals surface area contributed by atoms with E-state index in [4.69, 9.17) is 0 Å². The van der Waals surface area contributed by atoms with Gasteiger partial charge in [-0.05, 0) is 23.8 Å². The topological polar surface area (TPSA) is 3.88 Å². The predicted octanol–water partition coefficient (Wildman–Crippen LogP) is 5.29. The molecule has 0 fully saturated rings. The van der Waals surface area contributed by atoms with Gasteiger partial charge in [0.1, 0.15) is 0 Å². The standard InChI is InChI=1S/C23H18N.Ir/c1-4-11-19(12-5-1)22-17-10-18-24(21-15-8-3-9-16-21)23(22)20-13-6-2-7-14-20;/h1-18H;/q+1;. The molecular weight excluding hydrogens is 482 g/mol. The molecular formula is C23H18IrN+. The number of benzene rings is 3. The SMILES string of the molecule is [Ir].c1ccc(-c2ccc[n+](-c3ccccc3)c2-c2ccccc2)cc1. The van der Waals surface area contributed by atoms with Crippen LogP contribution in [0.5, 0.6) is 0 Å². The maximum atomic E-state index is 2.26. The Morgan fingerprint density at radius 3 is 1.60 bits per heavy atom. The zero-order valence-corrected chi connectivity index (χ0v) is 16.1. The summed E-state index contributed by atoms with van der Waals surface area (Å²) in [6, 6.07) is 35.9. The van der Waals surface area contributed by atoms with E-state index in [1.54, 1.807) is 0 Å². The molecule has 0 saturated carbocycles. The van der Waals surface area contributed by atoms with E-state index in [1.807, 2.05) is 6.07 Å². The fourth-order valence-electron chi connectivity index (χ4n) is 3.05. The number of pyridine rings is 1. The van der Waals surface area contributed by atoms with Crippen LogP contribution in [0.3, 0.4) is 0 Å². The fourth-order valence-corrected chi connectivity index (χ4v) is 3.05. The molecule has 123 valence electrons. The number of rotatable bonds is 3. The van der Waals surface area contributed by atoms with E-state index in [0.717, 1.165) is 5.69 Å². The van der Waals surface area contributed by atoms with Crippen LogP contribution < -0.4 is 4.57 Å². The largest absolute Gasteiger partial charge is 0.226 e. The van der Waals surface area contributed by atoms with Gasteiger partial charge in [-0.15, -0.1) is 0 Å². The Bertz CT molecular complexity index is 878. The van der Waals surface area contributed by atoms with Gasteiger partial charge in [0.05, 0.1) is 5.56 Å². The molecule has 0 aliphatic heterocycles. The Balaban J connectivity index is 0.00000182. The minimum absolute atomic E-state index is 0. The quantitative estimate of drug-likeness (QED) is 0.337. The number of hydrogen-bond donors (Lipinski definition) is 0. The zero-order valence-electron chi connectivity index (χ0n) is 13.7. The van der Waals surface area contributed by atoms with Crippen LogP contribution in [-0.2, 0) is 20.1 Å². The molecule has 0 unspecified atom stereocenters. The third-order valence-corrected chi connectivity index (χ3v) is 4.16. The monoisotopic (exact) mass is 501 g/mol. The average molecular weight is 501 g/mol. The summed E-state index contributed by atoms with van der Waals surface area (Å²) in [6.07, 6.45) is 2.13. The molecule has 0 aliphatic rings. The van der Waals surface area contributed by atoms with E-state index in [0.29, 0.717) is 0 Å². The van der Waals surface area contributed by atoms with Crippen LogP contribution in [0.2, 0.25) is 0 Å². The Kier molecular flexibility index (Phi) is 5.55. The molecule has 4 rings (SSSR count). The van der Waals surface area contributed by atoms with E-state index in [-0.39, 0.29) is 20.1 Å². The van der Waals surface area contributed by atoms with Crippen molar-refractivity contribution in [3.8, 4) is 28.1 Å². The summed E-state index contributed by atoms with van der Waals surface area (Å²) in [6.45, 7) is 0. The van der Waals surface area contributed by atoms with Gasteiger partial charge >= 0.3 is 0 Å². The number of para-hydroxylation sites is 1. The third kappa shape index (κ3) is 3.61. The smallest absolute Gasteiger partial charge is 0.159 e. The Hall–Kier alpha value is -2.54. The molecule has 25 heavy (non-hydrogen) atoms. The van der Waals surface area contributed by atoms with Crippen molar-refractivity contribution >= 4 is 0 Å². The van der Waals surface area contributed by atoms with E-state index in [1.165, 1.54) is 22.4 Å². The van der Waals surface area contributed by atoms with Gasteiger partial charge in [0.15, 0.2) is 6.20 Å². The summed E-state index contributed by atoms with van der Waals surface area (Å²) >= 11 is 0. The predicted molar refractivity (Wildman–Crippen MR) is 98.8 cm³/mol. The van der Waals surface area contributed by atoms with Crippen molar-refractivity contribution in [2.75, 3.05) is 0 Å². The molecule has 1 radical (unpaired) electrons. The van der Waals surface area contributed by atoms with Crippen LogP contribution in [0.1, 0.15) is 0 Å². The van der Waals surface area contributed by atoms with Crippen molar-refractivity contribution in [2.24, 2.45) is 0 Å². The van der Waals surface area contributed by atoms with Crippen molar-refractivity contribution < 1.29 is 24.7 Å². The second-order valence-corrected chi connectivity index (χ2v) is 5.71. The molecule has 0 aliphatic carbocycles. The van der Waals surface area contributed by atoms with Crippen LogP contribution in [0.25, 0.3) is 28.1 Å². The summed E-state index contributed by atoms with van der Waals surface area (Å²) < 4.78 is 2.26. The number of hydrogen-bond acceptors (Lipinski definition) is 0. The molecule has 0 saturated heterocycles. The van der Waals surface area contributed by atoms with E-state index in [9.17, 15) is 0 Å².